The zero-order valence-corrected chi connectivity index (χ0v) is 26.4. The molecule has 0 aliphatic heterocycles. The molecule has 0 fully saturated rings. The van der Waals surface area contributed by atoms with Crippen LogP contribution in [0, 0.1) is 0 Å². The van der Waals surface area contributed by atoms with E-state index in [9.17, 15) is 14.4 Å². The summed E-state index contributed by atoms with van der Waals surface area (Å²) in [6.45, 7) is 0.0238. The predicted octanol–water partition coefficient (Wildman–Crippen LogP) is 8.17. The quantitative estimate of drug-likeness (QED) is 0.0649. The fourth-order valence-electron chi connectivity index (χ4n) is 4.53. The number of benzene rings is 5. The van der Waals surface area contributed by atoms with E-state index in [1.807, 2.05) is 60.7 Å². The monoisotopic (exact) mass is 638 g/mol. The van der Waals surface area contributed by atoms with Crippen LogP contribution in [0.2, 0.25) is 0 Å². The minimum atomic E-state index is -0.766. The Morgan fingerprint density at radius 3 is 1.50 bits per heavy atom. The van der Waals surface area contributed by atoms with E-state index in [0.29, 0.717) is 33.9 Å². The van der Waals surface area contributed by atoms with Crippen molar-refractivity contribution in [3.8, 4) is 17.2 Å². The van der Waals surface area contributed by atoms with Crippen LogP contribution in [-0.4, -0.2) is 44.0 Å². The lowest BCUT2D eigenvalue weighted by Gasteiger charge is -2.19. The highest BCUT2D eigenvalue weighted by Crippen LogP contribution is 2.18. The molecule has 0 radical (unpaired) electrons. The first-order chi connectivity index (χ1) is 23.5. The Labute approximate surface area is 279 Å². The average Bonchev–Trinajstić information content (AvgIpc) is 3.15. The van der Waals surface area contributed by atoms with E-state index in [2.05, 4.69) is 0 Å². The third-order valence-corrected chi connectivity index (χ3v) is 7.20. The molecule has 0 heterocycles. The van der Waals surface area contributed by atoms with Crippen molar-refractivity contribution in [3.63, 3.8) is 0 Å². The maximum absolute atomic E-state index is 13.0. The molecule has 7 nitrogen and oxygen atoms in total. The van der Waals surface area contributed by atoms with Gasteiger partial charge in [-0.2, -0.15) is 0 Å². The van der Waals surface area contributed by atoms with Crippen molar-refractivity contribution in [2.24, 2.45) is 0 Å². The van der Waals surface area contributed by atoms with E-state index in [0.717, 1.165) is 11.1 Å². The molecule has 0 saturated carbocycles. The fraction of sp³-hybridized carbons (Fsp3) is 0.0976. The molecule has 0 unspecified atom stereocenters. The average molecular weight is 639 g/mol. The molecular weight excluding hydrogens is 604 g/mol. The van der Waals surface area contributed by atoms with E-state index in [-0.39, 0.29) is 24.8 Å². The van der Waals surface area contributed by atoms with E-state index in [1.165, 1.54) is 12.2 Å². The number of ether oxygens (including phenoxy) is 4. The summed E-state index contributed by atoms with van der Waals surface area (Å²) in [5, 5.41) is 0. The molecule has 0 aliphatic rings. The van der Waals surface area contributed by atoms with Crippen LogP contribution >= 0.6 is 0 Å². The lowest BCUT2D eigenvalue weighted by Crippen LogP contribution is -2.31. The van der Waals surface area contributed by atoms with Gasteiger partial charge in [-0.15, -0.1) is 0 Å². The topological polar surface area (TPSA) is 88.1 Å². The predicted molar refractivity (Wildman–Crippen MR) is 186 cm³/mol. The second-order valence-electron chi connectivity index (χ2n) is 10.6. The van der Waals surface area contributed by atoms with Gasteiger partial charge in [0.2, 0.25) is 0 Å². The highest BCUT2D eigenvalue weighted by Gasteiger charge is 2.19. The number of hydrogen-bond acceptors (Lipinski definition) is 7. The molecule has 0 spiro atoms. The Balaban J connectivity index is 1.20. The van der Waals surface area contributed by atoms with E-state index >= 15 is 0 Å². The smallest absolute Gasteiger partial charge is 0.338 e. The van der Waals surface area contributed by atoms with Gasteiger partial charge in [-0.3, -0.25) is 9.59 Å². The number of carbonyl (C=O) groups excluding carboxylic acids is 3. The second kappa shape index (κ2) is 16.9. The molecule has 0 amide bonds. The largest absolute Gasteiger partial charge is 0.497 e. The standard InChI is InChI=1S/C41H34O7/c1-45-35-22-18-34(19-23-35)41(44)48-38(28-46-36-20-12-31(13-21-36)15-27-39(42)32-10-6-3-7-11-32)29-47-37-24-16-33(17-25-37)40(43)26-14-30-8-4-2-5-9-30/h2-27,38H,28-29H2,1H3/b26-14+,27-15+/t38-/m0/s1. The van der Waals surface area contributed by atoms with Gasteiger partial charge >= 0.3 is 5.97 Å². The third-order valence-electron chi connectivity index (χ3n) is 7.20. The normalized spacial score (nSPS) is 11.6. The van der Waals surface area contributed by atoms with Gasteiger partial charge < -0.3 is 18.9 Å². The maximum atomic E-state index is 13.0. The number of allylic oxidation sites excluding steroid dienone is 2. The van der Waals surface area contributed by atoms with Crippen molar-refractivity contribution in [1.29, 1.82) is 0 Å². The Bertz CT molecular complexity index is 1840. The van der Waals surface area contributed by atoms with E-state index in [4.69, 9.17) is 18.9 Å². The fourth-order valence-corrected chi connectivity index (χ4v) is 4.53. The second-order valence-corrected chi connectivity index (χ2v) is 10.6. The first-order valence-corrected chi connectivity index (χ1v) is 15.3. The van der Waals surface area contributed by atoms with Gasteiger partial charge in [-0.05, 0) is 83.9 Å². The third kappa shape index (κ3) is 9.89. The Morgan fingerprint density at radius 1 is 0.521 bits per heavy atom. The SMILES string of the molecule is COc1ccc(C(=O)O[C@@H](COc2ccc(/C=C/C(=O)c3ccccc3)cc2)COc2ccc(C(=O)/C=C/c3ccccc3)cc2)cc1. The molecule has 5 aromatic rings. The summed E-state index contributed by atoms with van der Waals surface area (Å²) < 4.78 is 22.9. The van der Waals surface area contributed by atoms with Crippen LogP contribution in [0.15, 0.2) is 146 Å². The van der Waals surface area contributed by atoms with Crippen LogP contribution in [0.3, 0.4) is 0 Å². The Hall–Kier alpha value is -6.21. The van der Waals surface area contributed by atoms with Crippen LogP contribution in [0.4, 0.5) is 0 Å². The lowest BCUT2D eigenvalue weighted by atomic mass is 10.1. The van der Waals surface area contributed by atoms with Gasteiger partial charge in [0.05, 0.1) is 12.7 Å². The molecular formula is C41H34O7. The van der Waals surface area contributed by atoms with Gasteiger partial charge in [0.1, 0.15) is 30.5 Å². The highest BCUT2D eigenvalue weighted by molar-refractivity contribution is 6.07. The molecule has 48 heavy (non-hydrogen) atoms. The first kappa shape index (κ1) is 33.2. The van der Waals surface area contributed by atoms with Gasteiger partial charge in [-0.25, -0.2) is 4.79 Å². The van der Waals surface area contributed by atoms with Crippen LogP contribution in [0.1, 0.15) is 42.2 Å². The summed E-state index contributed by atoms with van der Waals surface area (Å²) in [6, 6.07) is 39.2. The minimum Gasteiger partial charge on any atom is -0.497 e. The summed E-state index contributed by atoms with van der Waals surface area (Å²) in [4.78, 5) is 38.0. The molecule has 240 valence electrons. The maximum Gasteiger partial charge on any atom is 0.338 e. The van der Waals surface area contributed by atoms with Crippen LogP contribution < -0.4 is 14.2 Å². The van der Waals surface area contributed by atoms with Gasteiger partial charge in [-0.1, -0.05) is 84.9 Å². The highest BCUT2D eigenvalue weighted by atomic mass is 16.6. The number of ketones is 2. The number of hydrogen-bond donors (Lipinski definition) is 0. The molecule has 0 bridgehead atoms. The van der Waals surface area contributed by atoms with Gasteiger partial charge in [0, 0.05) is 11.1 Å². The molecule has 5 rings (SSSR count). The first-order valence-electron chi connectivity index (χ1n) is 15.3. The molecule has 1 atom stereocenters. The zero-order valence-electron chi connectivity index (χ0n) is 26.4. The number of carbonyl (C=O) groups is 3. The summed E-state index contributed by atoms with van der Waals surface area (Å²) in [5.74, 6) is 0.927. The minimum absolute atomic E-state index is 0.00547. The molecule has 0 aliphatic carbocycles. The van der Waals surface area contributed by atoms with Gasteiger partial charge in [0.25, 0.3) is 0 Å². The number of methoxy groups -OCH3 is 1. The van der Waals surface area contributed by atoms with E-state index in [1.54, 1.807) is 92.1 Å². The van der Waals surface area contributed by atoms with Crippen molar-refractivity contribution in [2.45, 2.75) is 6.10 Å². The van der Waals surface area contributed by atoms with E-state index < -0.39 is 12.1 Å². The van der Waals surface area contributed by atoms with Crippen LogP contribution in [-0.2, 0) is 4.74 Å². The molecule has 7 heteroatoms. The van der Waals surface area contributed by atoms with Crippen molar-refractivity contribution in [1.82, 2.24) is 0 Å². The number of rotatable bonds is 15. The van der Waals surface area contributed by atoms with Crippen LogP contribution in [0.5, 0.6) is 17.2 Å². The van der Waals surface area contributed by atoms with Crippen molar-refractivity contribution < 1.29 is 33.3 Å². The molecule has 0 saturated heterocycles. The number of esters is 1. The lowest BCUT2D eigenvalue weighted by molar-refractivity contribution is 0.00257. The Kier molecular flexibility index (Phi) is 11.7. The molecule has 0 aromatic heterocycles. The zero-order chi connectivity index (χ0) is 33.6. The van der Waals surface area contributed by atoms with Crippen molar-refractivity contribution in [2.75, 3.05) is 20.3 Å². The summed E-state index contributed by atoms with van der Waals surface area (Å²) in [7, 11) is 1.55. The molecule has 5 aromatic carbocycles. The van der Waals surface area contributed by atoms with Gasteiger partial charge in [0.15, 0.2) is 17.7 Å². The summed E-state index contributed by atoms with van der Waals surface area (Å²) in [5.41, 5.74) is 3.25. The van der Waals surface area contributed by atoms with Crippen molar-refractivity contribution >= 4 is 29.7 Å². The summed E-state index contributed by atoms with van der Waals surface area (Å²) >= 11 is 0. The van der Waals surface area contributed by atoms with Crippen LogP contribution in [0.25, 0.3) is 12.2 Å². The van der Waals surface area contributed by atoms with Crippen molar-refractivity contribution in [3.05, 3.63) is 173 Å². The summed E-state index contributed by atoms with van der Waals surface area (Å²) in [6.07, 6.45) is 5.81. The Morgan fingerprint density at radius 2 is 0.958 bits per heavy atom. The molecule has 0 N–H and O–H groups in total.